The number of anilines is 1. The normalized spacial score (nSPS) is 17.1. The van der Waals surface area contributed by atoms with Crippen LogP contribution >= 0.6 is 0 Å². The van der Waals surface area contributed by atoms with E-state index in [1.54, 1.807) is 14.2 Å². The number of methoxy groups -OCH3 is 2. The predicted octanol–water partition coefficient (Wildman–Crippen LogP) is 4.54. The molecular formula is C17H27NO2. The molecule has 3 nitrogen and oxygen atoms in total. The summed E-state index contributed by atoms with van der Waals surface area (Å²) in [6, 6.07) is 4.70. The molecule has 0 radical (unpaired) electrons. The van der Waals surface area contributed by atoms with Crippen molar-refractivity contribution in [1.29, 1.82) is 0 Å². The molecule has 0 bridgehead atoms. The van der Waals surface area contributed by atoms with Crippen LogP contribution in [0.4, 0.5) is 5.69 Å². The van der Waals surface area contributed by atoms with Crippen molar-refractivity contribution in [3.63, 3.8) is 0 Å². The Kier molecular flexibility index (Phi) is 5.57. The molecular weight excluding hydrogens is 250 g/mol. The third-order valence-electron chi connectivity index (χ3n) is 4.20. The van der Waals surface area contributed by atoms with Gasteiger partial charge in [0.25, 0.3) is 0 Å². The fourth-order valence-corrected chi connectivity index (χ4v) is 2.96. The van der Waals surface area contributed by atoms with Crippen LogP contribution in [-0.2, 0) is 0 Å². The van der Waals surface area contributed by atoms with Gasteiger partial charge in [-0.05, 0) is 31.4 Å². The lowest BCUT2D eigenvalue weighted by Crippen LogP contribution is -2.21. The second-order valence-electron chi connectivity index (χ2n) is 5.71. The van der Waals surface area contributed by atoms with E-state index in [0.717, 1.165) is 11.5 Å². The van der Waals surface area contributed by atoms with E-state index in [-0.39, 0.29) is 0 Å². The Hall–Kier alpha value is -1.38. The van der Waals surface area contributed by atoms with Crippen LogP contribution in [0, 0.1) is 6.92 Å². The summed E-state index contributed by atoms with van der Waals surface area (Å²) in [5.74, 6) is 1.60. The molecule has 0 aromatic heterocycles. The van der Waals surface area contributed by atoms with Crippen molar-refractivity contribution in [3.8, 4) is 11.5 Å². The summed E-state index contributed by atoms with van der Waals surface area (Å²) >= 11 is 0. The molecule has 0 unspecified atom stereocenters. The first-order chi connectivity index (χ1) is 9.74. The molecule has 0 atom stereocenters. The zero-order chi connectivity index (χ0) is 14.4. The number of nitrogens with one attached hydrogen (secondary N) is 1. The van der Waals surface area contributed by atoms with E-state index in [0.29, 0.717) is 6.04 Å². The highest BCUT2D eigenvalue weighted by Gasteiger charge is 2.14. The Morgan fingerprint density at radius 1 is 0.900 bits per heavy atom. The van der Waals surface area contributed by atoms with Crippen molar-refractivity contribution in [3.05, 3.63) is 17.7 Å². The smallest absolute Gasteiger partial charge is 0.162 e. The number of hydrogen-bond acceptors (Lipinski definition) is 3. The molecule has 1 aliphatic rings. The van der Waals surface area contributed by atoms with Gasteiger partial charge in [0.2, 0.25) is 0 Å². The largest absolute Gasteiger partial charge is 0.493 e. The standard InChI is InChI=1S/C17H27NO2/c1-13-11-16(19-2)17(20-3)12-15(13)18-14-9-7-5-4-6-8-10-14/h11-12,14,18H,4-10H2,1-3H3. The second-order valence-corrected chi connectivity index (χ2v) is 5.71. The highest BCUT2D eigenvalue weighted by Crippen LogP contribution is 2.34. The van der Waals surface area contributed by atoms with Gasteiger partial charge in [0.15, 0.2) is 11.5 Å². The van der Waals surface area contributed by atoms with Crippen molar-refractivity contribution in [1.82, 2.24) is 0 Å². The first kappa shape index (κ1) is 15.0. The van der Waals surface area contributed by atoms with Crippen LogP contribution in [0.5, 0.6) is 11.5 Å². The molecule has 20 heavy (non-hydrogen) atoms. The second kappa shape index (κ2) is 7.41. The summed E-state index contributed by atoms with van der Waals surface area (Å²) in [6.07, 6.45) is 9.38. The van der Waals surface area contributed by atoms with E-state index in [1.807, 2.05) is 6.07 Å². The molecule has 0 spiro atoms. The van der Waals surface area contributed by atoms with Crippen molar-refractivity contribution in [2.75, 3.05) is 19.5 Å². The molecule has 1 saturated carbocycles. The zero-order valence-electron chi connectivity index (χ0n) is 13.0. The van der Waals surface area contributed by atoms with E-state index in [1.165, 1.54) is 56.2 Å². The minimum Gasteiger partial charge on any atom is -0.493 e. The Bertz CT molecular complexity index is 423. The molecule has 0 amide bonds. The molecule has 2 rings (SSSR count). The van der Waals surface area contributed by atoms with Gasteiger partial charge in [-0.2, -0.15) is 0 Å². The van der Waals surface area contributed by atoms with Gasteiger partial charge in [-0.15, -0.1) is 0 Å². The van der Waals surface area contributed by atoms with Gasteiger partial charge in [0, 0.05) is 17.8 Å². The van der Waals surface area contributed by atoms with E-state index < -0.39 is 0 Å². The monoisotopic (exact) mass is 277 g/mol. The predicted molar refractivity (Wildman–Crippen MR) is 84.0 cm³/mol. The van der Waals surface area contributed by atoms with Crippen LogP contribution in [0.2, 0.25) is 0 Å². The topological polar surface area (TPSA) is 30.5 Å². The maximum Gasteiger partial charge on any atom is 0.162 e. The van der Waals surface area contributed by atoms with E-state index >= 15 is 0 Å². The third kappa shape index (κ3) is 3.81. The molecule has 0 heterocycles. The minimum atomic E-state index is 0.590. The molecule has 1 fully saturated rings. The molecule has 1 N–H and O–H groups in total. The van der Waals surface area contributed by atoms with Crippen LogP contribution < -0.4 is 14.8 Å². The van der Waals surface area contributed by atoms with Gasteiger partial charge in [-0.1, -0.05) is 32.1 Å². The first-order valence-electron chi connectivity index (χ1n) is 7.73. The van der Waals surface area contributed by atoms with E-state index in [9.17, 15) is 0 Å². The number of benzene rings is 1. The molecule has 0 aliphatic heterocycles. The van der Waals surface area contributed by atoms with Crippen molar-refractivity contribution in [2.24, 2.45) is 0 Å². The fourth-order valence-electron chi connectivity index (χ4n) is 2.96. The van der Waals surface area contributed by atoms with Crippen molar-refractivity contribution < 1.29 is 9.47 Å². The van der Waals surface area contributed by atoms with Crippen molar-refractivity contribution >= 4 is 5.69 Å². The SMILES string of the molecule is COc1cc(C)c(NC2CCCCCCC2)cc1OC. The Morgan fingerprint density at radius 3 is 2.05 bits per heavy atom. The quantitative estimate of drug-likeness (QED) is 0.876. The van der Waals surface area contributed by atoms with Crippen molar-refractivity contribution in [2.45, 2.75) is 57.9 Å². The van der Waals surface area contributed by atoms with Gasteiger partial charge in [-0.25, -0.2) is 0 Å². The van der Waals surface area contributed by atoms with Gasteiger partial charge >= 0.3 is 0 Å². The van der Waals surface area contributed by atoms with Crippen LogP contribution in [0.3, 0.4) is 0 Å². The summed E-state index contributed by atoms with van der Waals surface area (Å²) in [6.45, 7) is 2.12. The van der Waals surface area contributed by atoms with Gasteiger partial charge < -0.3 is 14.8 Å². The third-order valence-corrected chi connectivity index (χ3v) is 4.20. The molecule has 0 saturated heterocycles. The van der Waals surface area contributed by atoms with Gasteiger partial charge in [0.1, 0.15) is 0 Å². The molecule has 1 aliphatic carbocycles. The number of aryl methyl sites for hydroxylation is 1. The lowest BCUT2D eigenvalue weighted by molar-refractivity contribution is 0.355. The Morgan fingerprint density at radius 2 is 1.45 bits per heavy atom. The summed E-state index contributed by atoms with van der Waals surface area (Å²) in [4.78, 5) is 0. The van der Waals surface area contributed by atoms with E-state index in [4.69, 9.17) is 9.47 Å². The molecule has 1 aromatic carbocycles. The Labute approximate surface area is 122 Å². The molecule has 112 valence electrons. The van der Waals surface area contributed by atoms with E-state index in [2.05, 4.69) is 18.3 Å². The van der Waals surface area contributed by atoms with Gasteiger partial charge in [0.05, 0.1) is 14.2 Å². The number of hydrogen-bond donors (Lipinski definition) is 1. The molecule has 3 heteroatoms. The number of rotatable bonds is 4. The summed E-state index contributed by atoms with van der Waals surface area (Å²) in [7, 11) is 3.37. The highest BCUT2D eigenvalue weighted by molar-refractivity contribution is 5.60. The number of ether oxygens (including phenoxy) is 2. The average Bonchev–Trinajstić information content (AvgIpc) is 2.43. The minimum absolute atomic E-state index is 0.590. The van der Waals surface area contributed by atoms with Crippen LogP contribution in [-0.4, -0.2) is 20.3 Å². The average molecular weight is 277 g/mol. The maximum atomic E-state index is 5.40. The summed E-state index contributed by atoms with van der Waals surface area (Å²) < 4.78 is 10.7. The van der Waals surface area contributed by atoms with Crippen LogP contribution in [0.15, 0.2) is 12.1 Å². The zero-order valence-corrected chi connectivity index (χ0v) is 13.0. The highest BCUT2D eigenvalue weighted by atomic mass is 16.5. The summed E-state index contributed by atoms with van der Waals surface area (Å²) in [5, 5.41) is 3.71. The molecule has 1 aromatic rings. The van der Waals surface area contributed by atoms with Gasteiger partial charge in [-0.3, -0.25) is 0 Å². The first-order valence-corrected chi connectivity index (χ1v) is 7.73. The lowest BCUT2D eigenvalue weighted by atomic mass is 9.96. The summed E-state index contributed by atoms with van der Waals surface area (Å²) in [5.41, 5.74) is 2.39. The van der Waals surface area contributed by atoms with Crippen LogP contribution in [0.1, 0.15) is 50.5 Å². The lowest BCUT2D eigenvalue weighted by Gasteiger charge is -2.24. The fraction of sp³-hybridized carbons (Fsp3) is 0.647. The van der Waals surface area contributed by atoms with Crippen LogP contribution in [0.25, 0.3) is 0 Å². The Balaban J connectivity index is 2.10. The maximum absolute atomic E-state index is 5.40.